The molecule has 1 heterocycles. The number of aryl methyl sites for hydroxylation is 1. The van der Waals surface area contributed by atoms with E-state index >= 15 is 0 Å². The fraction of sp³-hybridized carbons (Fsp3) is 0.357. The van der Waals surface area contributed by atoms with Crippen LogP contribution in [0.4, 0.5) is 0 Å². The largest absolute Gasteiger partial charge is 0.391 e. The Balaban J connectivity index is 2.02. The maximum absolute atomic E-state index is 11.8. The Hall–Kier alpha value is -1.32. The standard InChI is InChI=1S/C14H16ClNO2/c1-10-2-3-11(8-13(10)15)4-5-14(18)16-7-6-12(17)9-16/h2-5,8,12,17H,6-7,9H2,1H3. The zero-order chi connectivity index (χ0) is 13.1. The van der Waals surface area contributed by atoms with E-state index in [1.165, 1.54) is 6.08 Å². The lowest BCUT2D eigenvalue weighted by atomic mass is 10.1. The Bertz CT molecular complexity index is 485. The van der Waals surface area contributed by atoms with Gasteiger partial charge in [0.2, 0.25) is 5.91 Å². The van der Waals surface area contributed by atoms with Crippen molar-refractivity contribution in [2.75, 3.05) is 13.1 Å². The van der Waals surface area contributed by atoms with Crippen LogP contribution in [0.3, 0.4) is 0 Å². The molecule has 18 heavy (non-hydrogen) atoms. The molecule has 0 saturated carbocycles. The van der Waals surface area contributed by atoms with E-state index in [2.05, 4.69) is 0 Å². The van der Waals surface area contributed by atoms with E-state index in [4.69, 9.17) is 11.6 Å². The van der Waals surface area contributed by atoms with Gasteiger partial charge < -0.3 is 10.0 Å². The molecule has 1 aliphatic heterocycles. The van der Waals surface area contributed by atoms with Crippen LogP contribution in [0.15, 0.2) is 24.3 Å². The summed E-state index contributed by atoms with van der Waals surface area (Å²) < 4.78 is 0. The second kappa shape index (κ2) is 5.55. The monoisotopic (exact) mass is 265 g/mol. The van der Waals surface area contributed by atoms with Crippen molar-refractivity contribution in [1.82, 2.24) is 4.90 Å². The van der Waals surface area contributed by atoms with Gasteiger partial charge >= 0.3 is 0 Å². The van der Waals surface area contributed by atoms with Crippen molar-refractivity contribution in [3.8, 4) is 0 Å². The minimum Gasteiger partial charge on any atom is -0.391 e. The van der Waals surface area contributed by atoms with Crippen LogP contribution in [0.5, 0.6) is 0 Å². The van der Waals surface area contributed by atoms with Crippen LogP contribution in [-0.2, 0) is 4.79 Å². The number of aliphatic hydroxyl groups is 1. The molecule has 0 aliphatic carbocycles. The van der Waals surface area contributed by atoms with Crippen LogP contribution >= 0.6 is 11.6 Å². The first-order chi connectivity index (χ1) is 8.56. The minimum absolute atomic E-state index is 0.0664. The summed E-state index contributed by atoms with van der Waals surface area (Å²) in [5, 5.41) is 10.1. The highest BCUT2D eigenvalue weighted by molar-refractivity contribution is 6.31. The number of benzene rings is 1. The van der Waals surface area contributed by atoms with Crippen molar-refractivity contribution in [2.24, 2.45) is 0 Å². The quantitative estimate of drug-likeness (QED) is 0.834. The number of carbonyl (C=O) groups is 1. The molecule has 4 heteroatoms. The van der Waals surface area contributed by atoms with Gasteiger partial charge in [-0.25, -0.2) is 0 Å². The van der Waals surface area contributed by atoms with E-state index in [0.717, 1.165) is 11.1 Å². The maximum Gasteiger partial charge on any atom is 0.246 e. The Morgan fingerprint density at radius 3 is 2.94 bits per heavy atom. The van der Waals surface area contributed by atoms with Gasteiger partial charge in [0.25, 0.3) is 0 Å². The number of hydrogen-bond acceptors (Lipinski definition) is 2. The average Bonchev–Trinajstić information content (AvgIpc) is 2.77. The summed E-state index contributed by atoms with van der Waals surface area (Å²) in [6.07, 6.45) is 3.56. The molecule has 1 N–H and O–H groups in total. The molecule has 0 radical (unpaired) electrons. The Labute approximate surface area is 112 Å². The summed E-state index contributed by atoms with van der Waals surface area (Å²) in [5.74, 6) is -0.0664. The number of nitrogens with zero attached hydrogens (tertiary/aromatic N) is 1. The summed E-state index contributed by atoms with van der Waals surface area (Å²) >= 11 is 6.01. The molecule has 2 rings (SSSR count). The fourth-order valence-corrected chi connectivity index (χ4v) is 2.12. The molecule has 1 unspecified atom stereocenters. The molecule has 3 nitrogen and oxygen atoms in total. The molecular weight excluding hydrogens is 250 g/mol. The molecule has 1 aromatic rings. The average molecular weight is 266 g/mol. The second-order valence-electron chi connectivity index (χ2n) is 4.57. The lowest BCUT2D eigenvalue weighted by Gasteiger charge is -2.12. The highest BCUT2D eigenvalue weighted by Gasteiger charge is 2.22. The number of β-amino-alcohol motifs (C(OH)–C–C–N with tert-alkyl or cyclic N) is 1. The summed E-state index contributed by atoms with van der Waals surface area (Å²) in [5.41, 5.74) is 1.92. The number of amides is 1. The van der Waals surface area contributed by atoms with Crippen molar-refractivity contribution in [3.63, 3.8) is 0 Å². The lowest BCUT2D eigenvalue weighted by Crippen LogP contribution is -2.27. The lowest BCUT2D eigenvalue weighted by molar-refractivity contribution is -0.125. The third kappa shape index (κ3) is 3.12. The summed E-state index contributed by atoms with van der Waals surface area (Å²) in [4.78, 5) is 13.5. The van der Waals surface area contributed by atoms with Gasteiger partial charge in [-0.1, -0.05) is 23.7 Å². The summed E-state index contributed by atoms with van der Waals surface area (Å²) in [7, 11) is 0. The molecule has 0 spiro atoms. The van der Waals surface area contributed by atoms with Crippen LogP contribution in [-0.4, -0.2) is 35.1 Å². The number of rotatable bonds is 2. The first-order valence-electron chi connectivity index (χ1n) is 5.97. The van der Waals surface area contributed by atoms with E-state index in [9.17, 15) is 9.90 Å². The van der Waals surface area contributed by atoms with Crippen molar-refractivity contribution in [2.45, 2.75) is 19.4 Å². The van der Waals surface area contributed by atoms with Crippen LogP contribution in [0.2, 0.25) is 5.02 Å². The number of halogens is 1. The van der Waals surface area contributed by atoms with Crippen molar-refractivity contribution < 1.29 is 9.90 Å². The molecule has 0 bridgehead atoms. The number of hydrogen-bond donors (Lipinski definition) is 1. The molecule has 1 aromatic carbocycles. The van der Waals surface area contributed by atoms with Gasteiger partial charge in [0.1, 0.15) is 0 Å². The van der Waals surface area contributed by atoms with Crippen molar-refractivity contribution in [3.05, 3.63) is 40.4 Å². The van der Waals surface area contributed by atoms with Gasteiger partial charge in [0.05, 0.1) is 6.10 Å². The summed E-state index contributed by atoms with van der Waals surface area (Å²) in [6, 6.07) is 5.68. The zero-order valence-corrected chi connectivity index (χ0v) is 11.0. The number of aliphatic hydroxyl groups excluding tert-OH is 1. The molecule has 1 aliphatic rings. The number of carbonyl (C=O) groups excluding carboxylic acids is 1. The SMILES string of the molecule is Cc1ccc(C=CC(=O)N2CCC(O)C2)cc1Cl. The van der Waals surface area contributed by atoms with Crippen LogP contribution in [0.25, 0.3) is 6.08 Å². The molecule has 1 atom stereocenters. The Morgan fingerprint density at radius 2 is 2.33 bits per heavy atom. The van der Waals surface area contributed by atoms with E-state index in [1.807, 2.05) is 25.1 Å². The molecule has 1 saturated heterocycles. The molecule has 1 fully saturated rings. The van der Waals surface area contributed by atoms with Gasteiger partial charge in [-0.05, 0) is 36.6 Å². The van der Waals surface area contributed by atoms with Gasteiger partial charge in [0, 0.05) is 24.2 Å². The van der Waals surface area contributed by atoms with Crippen molar-refractivity contribution >= 4 is 23.6 Å². The first kappa shape index (κ1) is 13.1. The number of likely N-dealkylation sites (tertiary alicyclic amines) is 1. The highest BCUT2D eigenvalue weighted by Crippen LogP contribution is 2.18. The van der Waals surface area contributed by atoms with E-state index in [1.54, 1.807) is 11.0 Å². The van der Waals surface area contributed by atoms with Crippen molar-refractivity contribution in [1.29, 1.82) is 0 Å². The smallest absolute Gasteiger partial charge is 0.246 e. The Morgan fingerprint density at radius 1 is 1.56 bits per heavy atom. The molecular formula is C14H16ClNO2. The van der Waals surface area contributed by atoms with E-state index < -0.39 is 0 Å². The molecule has 1 amide bonds. The second-order valence-corrected chi connectivity index (χ2v) is 4.98. The highest BCUT2D eigenvalue weighted by atomic mass is 35.5. The minimum atomic E-state index is -0.379. The normalized spacial score (nSPS) is 19.7. The van der Waals surface area contributed by atoms with Gasteiger partial charge in [-0.3, -0.25) is 4.79 Å². The topological polar surface area (TPSA) is 40.5 Å². The first-order valence-corrected chi connectivity index (χ1v) is 6.35. The van der Waals surface area contributed by atoms with Crippen LogP contribution < -0.4 is 0 Å². The maximum atomic E-state index is 11.8. The predicted molar refractivity (Wildman–Crippen MR) is 72.4 cm³/mol. The predicted octanol–water partition coefficient (Wildman–Crippen LogP) is 2.25. The van der Waals surface area contributed by atoms with Crippen LogP contribution in [0.1, 0.15) is 17.5 Å². The zero-order valence-electron chi connectivity index (χ0n) is 10.3. The van der Waals surface area contributed by atoms with E-state index in [-0.39, 0.29) is 12.0 Å². The van der Waals surface area contributed by atoms with Gasteiger partial charge in [-0.15, -0.1) is 0 Å². The third-order valence-electron chi connectivity index (χ3n) is 3.09. The summed E-state index contributed by atoms with van der Waals surface area (Å²) in [6.45, 7) is 2.99. The third-order valence-corrected chi connectivity index (χ3v) is 3.50. The van der Waals surface area contributed by atoms with Crippen LogP contribution in [0, 0.1) is 6.92 Å². The Kier molecular flexibility index (Phi) is 4.04. The van der Waals surface area contributed by atoms with E-state index in [0.29, 0.717) is 24.5 Å². The van der Waals surface area contributed by atoms with Gasteiger partial charge in [0.15, 0.2) is 0 Å². The fourth-order valence-electron chi connectivity index (χ4n) is 1.93. The van der Waals surface area contributed by atoms with Gasteiger partial charge in [-0.2, -0.15) is 0 Å². The molecule has 96 valence electrons. The molecule has 0 aromatic heterocycles.